The summed E-state index contributed by atoms with van der Waals surface area (Å²) >= 11 is 12.8. The molecule has 0 fully saturated rings. The monoisotopic (exact) mass is 545 g/mol. The Hall–Kier alpha value is -1.89. The second kappa shape index (κ2) is 11.3. The average molecular weight is 548 g/mol. The number of nitriles is 1. The van der Waals surface area contributed by atoms with Gasteiger partial charge in [0.1, 0.15) is 11.5 Å². The van der Waals surface area contributed by atoms with Gasteiger partial charge in [-0.25, -0.2) is 0 Å². The van der Waals surface area contributed by atoms with E-state index < -0.39 is 11.3 Å². The van der Waals surface area contributed by atoms with Gasteiger partial charge in [-0.2, -0.15) is 5.26 Å². The molecule has 0 radical (unpaired) electrons. The molecule has 1 aliphatic carbocycles. The maximum Gasteiger partial charge on any atom is 0.322 e. The predicted octanol–water partition coefficient (Wildman–Crippen LogP) is 3.63. The van der Waals surface area contributed by atoms with E-state index >= 15 is 0 Å². The topological polar surface area (TPSA) is 112 Å². The highest BCUT2D eigenvalue weighted by Crippen LogP contribution is 2.35. The van der Waals surface area contributed by atoms with Crippen LogP contribution in [0.2, 0.25) is 0 Å². The number of halogens is 3. The second-order valence-electron chi connectivity index (χ2n) is 6.14. The number of ether oxygens (including phenoxy) is 1. The molecular formula is C19H18Br2ClN3O4. The van der Waals surface area contributed by atoms with Crippen LogP contribution < -0.4 is 10.1 Å². The van der Waals surface area contributed by atoms with Crippen molar-refractivity contribution in [3.8, 4) is 11.8 Å². The number of amides is 1. The minimum absolute atomic E-state index is 0.0980. The molecular weight excluding hydrogens is 529 g/mol. The minimum atomic E-state index is -0.661. The van der Waals surface area contributed by atoms with Gasteiger partial charge in [0.15, 0.2) is 11.9 Å². The van der Waals surface area contributed by atoms with Gasteiger partial charge >= 0.3 is 5.91 Å². The highest BCUT2D eigenvalue weighted by molar-refractivity contribution is 9.11. The number of allylic oxidation sites excluding steroid dienone is 2. The zero-order valence-corrected chi connectivity index (χ0v) is 19.2. The summed E-state index contributed by atoms with van der Waals surface area (Å²) in [6, 6.07) is 5.32. The molecule has 0 saturated carbocycles. The van der Waals surface area contributed by atoms with Crippen LogP contribution in [-0.4, -0.2) is 48.1 Å². The summed E-state index contributed by atoms with van der Waals surface area (Å²) in [7, 11) is 0. The molecule has 10 heteroatoms. The van der Waals surface area contributed by atoms with Crippen LogP contribution in [0.5, 0.6) is 5.75 Å². The summed E-state index contributed by atoms with van der Waals surface area (Å²) in [5.74, 6) is -0.334. The first-order valence-corrected chi connectivity index (χ1v) is 10.7. The Morgan fingerprint density at radius 3 is 2.72 bits per heavy atom. The molecule has 1 amide bonds. The average Bonchev–Trinajstić information content (AvgIpc) is 2.92. The van der Waals surface area contributed by atoms with Crippen molar-refractivity contribution in [1.29, 1.82) is 5.26 Å². The molecule has 2 N–H and O–H groups in total. The number of rotatable bonds is 9. The van der Waals surface area contributed by atoms with Crippen LogP contribution >= 0.6 is 43.5 Å². The largest absolute Gasteiger partial charge is 0.510 e. The lowest BCUT2D eigenvalue weighted by atomic mass is 10.1. The molecule has 29 heavy (non-hydrogen) atoms. The Morgan fingerprint density at radius 2 is 2.14 bits per heavy atom. The standard InChI is InChI=1S/C19H18Br2ClN3O4/c20-13-6-11(2-4-24-10-12-16(26)8-15(22)18(12)28)7-14(21)19(13)29-5-1-3-25-17(27)9-23/h6-7,10,15,28H,1-5,8H2,(H,25,27). The van der Waals surface area contributed by atoms with Crippen molar-refractivity contribution < 1.29 is 19.4 Å². The minimum Gasteiger partial charge on any atom is -0.510 e. The van der Waals surface area contributed by atoms with Crippen molar-refractivity contribution in [1.82, 2.24) is 5.32 Å². The van der Waals surface area contributed by atoms with Crippen LogP contribution in [0.4, 0.5) is 0 Å². The van der Waals surface area contributed by atoms with Crippen LogP contribution in [0, 0.1) is 11.3 Å². The zero-order valence-electron chi connectivity index (χ0n) is 15.3. The van der Waals surface area contributed by atoms with Gasteiger partial charge in [-0.3, -0.25) is 14.6 Å². The maximum atomic E-state index is 11.7. The van der Waals surface area contributed by atoms with E-state index in [2.05, 4.69) is 42.2 Å². The van der Waals surface area contributed by atoms with Gasteiger partial charge in [-0.05, 0) is 62.4 Å². The summed E-state index contributed by atoms with van der Waals surface area (Å²) in [5.41, 5.74) is 1.18. The number of hydrogen-bond acceptors (Lipinski definition) is 6. The SMILES string of the molecule is N#CC(=O)NCCCOc1c(Br)cc(CCN=CC2=C(O)C(Cl)CC2=O)cc1Br. The lowest BCUT2D eigenvalue weighted by Crippen LogP contribution is -2.23. The maximum absolute atomic E-state index is 11.7. The Balaban J connectivity index is 1.86. The van der Waals surface area contributed by atoms with Gasteiger partial charge in [0.2, 0.25) is 0 Å². The van der Waals surface area contributed by atoms with Crippen molar-refractivity contribution >= 4 is 61.4 Å². The van der Waals surface area contributed by atoms with E-state index in [0.717, 1.165) is 14.5 Å². The smallest absolute Gasteiger partial charge is 0.322 e. The lowest BCUT2D eigenvalue weighted by Gasteiger charge is -2.12. The lowest BCUT2D eigenvalue weighted by molar-refractivity contribution is -0.116. The molecule has 0 bridgehead atoms. The number of hydrogen-bond donors (Lipinski definition) is 2. The van der Waals surface area contributed by atoms with Gasteiger partial charge < -0.3 is 15.2 Å². The van der Waals surface area contributed by atoms with E-state index in [9.17, 15) is 14.7 Å². The van der Waals surface area contributed by atoms with Crippen LogP contribution in [0.25, 0.3) is 0 Å². The molecule has 0 aliphatic heterocycles. The molecule has 0 heterocycles. The number of benzene rings is 1. The van der Waals surface area contributed by atoms with Crippen LogP contribution in [0.3, 0.4) is 0 Å². The van der Waals surface area contributed by atoms with Crippen molar-refractivity contribution in [2.24, 2.45) is 4.99 Å². The Labute approximate surface area is 190 Å². The predicted molar refractivity (Wildman–Crippen MR) is 117 cm³/mol. The highest BCUT2D eigenvalue weighted by atomic mass is 79.9. The van der Waals surface area contributed by atoms with Crippen LogP contribution in [-0.2, 0) is 16.0 Å². The number of carbonyl (C=O) groups excluding carboxylic acids is 2. The zero-order chi connectivity index (χ0) is 21.4. The third-order valence-corrected chi connectivity index (χ3v) is 5.54. The van der Waals surface area contributed by atoms with Crippen molar-refractivity contribution in [3.63, 3.8) is 0 Å². The molecule has 7 nitrogen and oxygen atoms in total. The number of ketones is 1. The van der Waals surface area contributed by atoms with E-state index in [-0.39, 0.29) is 23.5 Å². The number of aliphatic imine (C=N–C) groups is 1. The first kappa shape index (κ1) is 23.4. The van der Waals surface area contributed by atoms with E-state index in [1.165, 1.54) is 12.3 Å². The van der Waals surface area contributed by atoms with E-state index in [0.29, 0.717) is 38.3 Å². The van der Waals surface area contributed by atoms with Gasteiger partial charge in [-0.15, -0.1) is 11.6 Å². The Morgan fingerprint density at radius 1 is 1.45 bits per heavy atom. The van der Waals surface area contributed by atoms with Gasteiger partial charge in [0.05, 0.1) is 26.5 Å². The van der Waals surface area contributed by atoms with Crippen LogP contribution in [0.1, 0.15) is 18.4 Å². The van der Waals surface area contributed by atoms with Crippen molar-refractivity contribution in [3.05, 3.63) is 38.0 Å². The number of Topliss-reactive ketones (excluding diaryl/α,β-unsaturated/α-hetero) is 1. The molecule has 1 atom stereocenters. The van der Waals surface area contributed by atoms with E-state index in [1.54, 1.807) is 0 Å². The third kappa shape index (κ3) is 6.84. The number of aliphatic hydroxyl groups is 1. The van der Waals surface area contributed by atoms with Gasteiger partial charge in [-0.1, -0.05) is 0 Å². The Kier molecular flexibility index (Phi) is 9.14. The summed E-state index contributed by atoms with van der Waals surface area (Å²) in [6.45, 7) is 1.17. The highest BCUT2D eigenvalue weighted by Gasteiger charge is 2.29. The number of aliphatic hydroxyl groups excluding tert-OH is 1. The van der Waals surface area contributed by atoms with E-state index in [4.69, 9.17) is 21.6 Å². The number of alkyl halides is 1. The van der Waals surface area contributed by atoms with Gasteiger partial charge in [0, 0.05) is 25.7 Å². The fourth-order valence-corrected chi connectivity index (χ4v) is 4.32. The fourth-order valence-electron chi connectivity index (χ4n) is 2.55. The number of carbonyl (C=O) groups is 2. The van der Waals surface area contributed by atoms with Gasteiger partial charge in [0.25, 0.3) is 0 Å². The summed E-state index contributed by atoms with van der Waals surface area (Å²) < 4.78 is 7.26. The molecule has 154 valence electrons. The molecule has 0 spiro atoms. The summed E-state index contributed by atoms with van der Waals surface area (Å²) in [5, 5.41) is 19.9. The number of nitrogens with one attached hydrogen (secondary N) is 1. The van der Waals surface area contributed by atoms with Crippen LogP contribution in [0.15, 0.2) is 37.4 Å². The van der Waals surface area contributed by atoms with Crippen molar-refractivity contribution in [2.75, 3.05) is 19.7 Å². The fraction of sp³-hybridized carbons (Fsp3) is 0.368. The summed E-state index contributed by atoms with van der Waals surface area (Å²) in [6.07, 6.45) is 2.67. The first-order valence-electron chi connectivity index (χ1n) is 8.72. The number of nitrogens with zero attached hydrogens (tertiary/aromatic N) is 2. The Bertz CT molecular complexity index is 873. The first-order chi connectivity index (χ1) is 13.8. The molecule has 0 aromatic heterocycles. The normalized spacial score (nSPS) is 16.3. The molecule has 1 aliphatic rings. The molecule has 2 rings (SSSR count). The van der Waals surface area contributed by atoms with Crippen molar-refractivity contribution in [2.45, 2.75) is 24.6 Å². The second-order valence-corrected chi connectivity index (χ2v) is 8.37. The molecule has 1 aromatic rings. The van der Waals surface area contributed by atoms with E-state index in [1.807, 2.05) is 12.1 Å². The molecule has 0 saturated heterocycles. The quantitative estimate of drug-likeness (QED) is 0.212. The third-order valence-electron chi connectivity index (χ3n) is 4.00. The summed E-state index contributed by atoms with van der Waals surface area (Å²) in [4.78, 5) is 26.8. The molecule has 1 aromatic carbocycles. The molecule has 1 unspecified atom stereocenters.